The van der Waals surface area contributed by atoms with Gasteiger partial charge in [-0.15, -0.1) is 12.4 Å². The lowest BCUT2D eigenvalue weighted by Crippen LogP contribution is -2.42. The van der Waals surface area contributed by atoms with Crippen LogP contribution >= 0.6 is 12.4 Å². The Morgan fingerprint density at radius 2 is 1.82 bits per heavy atom. The van der Waals surface area contributed by atoms with Gasteiger partial charge in [-0.25, -0.2) is 4.79 Å². The molecule has 1 saturated carbocycles. The van der Waals surface area contributed by atoms with E-state index in [1.807, 2.05) is 0 Å². The van der Waals surface area contributed by atoms with Crippen LogP contribution in [0.2, 0.25) is 0 Å². The fraction of sp³-hybridized carbons (Fsp3) is 0.786. The molecule has 0 atom stereocenters. The van der Waals surface area contributed by atoms with E-state index >= 15 is 0 Å². The molecule has 2 aliphatic rings. The lowest BCUT2D eigenvalue weighted by molar-refractivity contribution is -0.121. The normalized spacial score (nSPS) is 19.4. The van der Waals surface area contributed by atoms with Gasteiger partial charge in [-0.05, 0) is 12.8 Å². The van der Waals surface area contributed by atoms with E-state index in [0.29, 0.717) is 12.6 Å². The van der Waals surface area contributed by atoms with Crippen molar-refractivity contribution in [3.05, 3.63) is 0 Å². The van der Waals surface area contributed by atoms with Crippen molar-refractivity contribution in [1.82, 2.24) is 20.9 Å². The zero-order valence-corrected chi connectivity index (χ0v) is 13.5. The number of hydrogen-bond acceptors (Lipinski definition) is 4. The number of carbonyl (C=O) groups excluding carboxylic acids is 3. The molecule has 0 spiro atoms. The van der Waals surface area contributed by atoms with Crippen molar-refractivity contribution in [2.45, 2.75) is 44.6 Å². The van der Waals surface area contributed by atoms with E-state index in [-0.39, 0.29) is 37.3 Å². The third kappa shape index (κ3) is 6.19. The highest BCUT2D eigenvalue weighted by molar-refractivity contribution is 6.03. The minimum absolute atomic E-state index is 0. The number of rotatable bonds is 6. The molecule has 1 aliphatic carbocycles. The van der Waals surface area contributed by atoms with E-state index in [1.54, 1.807) is 0 Å². The van der Waals surface area contributed by atoms with Crippen molar-refractivity contribution in [2.75, 3.05) is 26.2 Å². The predicted molar refractivity (Wildman–Crippen MR) is 84.9 cm³/mol. The summed E-state index contributed by atoms with van der Waals surface area (Å²) in [7, 11) is 0. The Hall–Kier alpha value is -1.34. The third-order valence-electron chi connectivity index (χ3n) is 3.94. The second-order valence-corrected chi connectivity index (χ2v) is 5.70. The van der Waals surface area contributed by atoms with Crippen molar-refractivity contribution in [3.63, 3.8) is 0 Å². The van der Waals surface area contributed by atoms with Gasteiger partial charge in [-0.3, -0.25) is 14.9 Å². The van der Waals surface area contributed by atoms with E-state index in [0.717, 1.165) is 6.54 Å². The van der Waals surface area contributed by atoms with Crippen LogP contribution in [0.15, 0.2) is 0 Å². The number of amides is 4. The Bertz CT molecular complexity index is 398. The Morgan fingerprint density at radius 1 is 1.14 bits per heavy atom. The number of nitrogens with zero attached hydrogens (tertiary/aromatic N) is 1. The second kappa shape index (κ2) is 9.63. The van der Waals surface area contributed by atoms with Crippen molar-refractivity contribution < 1.29 is 14.4 Å². The first kappa shape index (κ1) is 18.7. The molecule has 2 rings (SSSR count). The molecular formula is C14H25ClN4O3. The van der Waals surface area contributed by atoms with E-state index < -0.39 is 6.03 Å². The Balaban J connectivity index is 0.00000242. The van der Waals surface area contributed by atoms with Crippen LogP contribution in [0.4, 0.5) is 4.79 Å². The minimum atomic E-state index is -0.494. The SMILES string of the molecule is Cl.O=C(CN1CC(=O)NC1=O)NCCNC1CCCCCC1. The number of nitrogens with one attached hydrogen (secondary N) is 3. The number of halogens is 1. The van der Waals surface area contributed by atoms with Crippen molar-refractivity contribution in [3.8, 4) is 0 Å². The standard InChI is InChI=1S/C14H24N4O3.ClH/c19-12(9-18-10-13(20)17-14(18)21)16-8-7-15-11-5-3-1-2-4-6-11;/h11,15H,1-10H2,(H,16,19)(H,17,20,21);1H. The quantitative estimate of drug-likeness (QED) is 0.373. The van der Waals surface area contributed by atoms with E-state index in [1.165, 1.54) is 43.4 Å². The summed E-state index contributed by atoms with van der Waals surface area (Å²) in [6.45, 7) is 1.17. The van der Waals surface area contributed by atoms with Gasteiger partial charge in [0.05, 0.1) is 0 Å². The maximum Gasteiger partial charge on any atom is 0.325 e. The molecule has 1 aliphatic heterocycles. The lowest BCUT2D eigenvalue weighted by Gasteiger charge is -2.17. The smallest absolute Gasteiger partial charge is 0.325 e. The molecule has 7 nitrogen and oxygen atoms in total. The highest BCUT2D eigenvalue weighted by Crippen LogP contribution is 2.16. The number of hydrogen-bond donors (Lipinski definition) is 3. The van der Waals surface area contributed by atoms with E-state index in [9.17, 15) is 14.4 Å². The average molecular weight is 333 g/mol. The van der Waals surface area contributed by atoms with Crippen LogP contribution in [0, 0.1) is 0 Å². The summed E-state index contributed by atoms with van der Waals surface area (Å²) in [4.78, 5) is 35.2. The van der Waals surface area contributed by atoms with Crippen LogP contribution in [0.3, 0.4) is 0 Å². The van der Waals surface area contributed by atoms with Crippen LogP contribution in [0.25, 0.3) is 0 Å². The molecular weight excluding hydrogens is 308 g/mol. The van der Waals surface area contributed by atoms with Gasteiger partial charge in [-0.2, -0.15) is 0 Å². The van der Waals surface area contributed by atoms with Gasteiger partial charge < -0.3 is 15.5 Å². The summed E-state index contributed by atoms with van der Waals surface area (Å²) < 4.78 is 0. The molecule has 8 heteroatoms. The molecule has 22 heavy (non-hydrogen) atoms. The molecule has 0 aromatic carbocycles. The maximum absolute atomic E-state index is 11.7. The lowest BCUT2D eigenvalue weighted by atomic mass is 10.1. The summed E-state index contributed by atoms with van der Waals surface area (Å²) in [5.41, 5.74) is 0. The fourth-order valence-electron chi connectivity index (χ4n) is 2.80. The molecule has 126 valence electrons. The summed E-state index contributed by atoms with van der Waals surface area (Å²) in [5, 5.41) is 8.37. The Labute approximate surface area is 137 Å². The zero-order chi connectivity index (χ0) is 15.1. The van der Waals surface area contributed by atoms with Crippen LogP contribution in [0.5, 0.6) is 0 Å². The molecule has 0 aromatic heterocycles. The largest absolute Gasteiger partial charge is 0.353 e. The van der Waals surface area contributed by atoms with Gasteiger partial charge in [0, 0.05) is 19.1 Å². The van der Waals surface area contributed by atoms with Gasteiger partial charge in [0.1, 0.15) is 13.1 Å². The van der Waals surface area contributed by atoms with Crippen LogP contribution in [-0.2, 0) is 9.59 Å². The van der Waals surface area contributed by atoms with E-state index in [4.69, 9.17) is 0 Å². The molecule has 4 amide bonds. The monoisotopic (exact) mass is 332 g/mol. The topological polar surface area (TPSA) is 90.5 Å². The van der Waals surface area contributed by atoms with Gasteiger partial charge in [-0.1, -0.05) is 25.7 Å². The summed E-state index contributed by atoms with van der Waals surface area (Å²) in [6, 6.07) is 0.0677. The minimum Gasteiger partial charge on any atom is -0.353 e. The van der Waals surface area contributed by atoms with Crippen LogP contribution in [-0.4, -0.2) is 55.0 Å². The summed E-state index contributed by atoms with van der Waals surface area (Å²) in [6.07, 6.45) is 7.63. The van der Waals surface area contributed by atoms with Gasteiger partial charge in [0.25, 0.3) is 0 Å². The van der Waals surface area contributed by atoms with Gasteiger partial charge in [0.2, 0.25) is 11.8 Å². The maximum atomic E-state index is 11.7. The van der Waals surface area contributed by atoms with Crippen molar-refractivity contribution in [1.29, 1.82) is 0 Å². The highest BCUT2D eigenvalue weighted by Gasteiger charge is 2.27. The van der Waals surface area contributed by atoms with Gasteiger partial charge in [0.15, 0.2) is 0 Å². The average Bonchev–Trinajstić information content (AvgIpc) is 2.67. The Kier molecular flexibility index (Phi) is 8.19. The highest BCUT2D eigenvalue weighted by atomic mass is 35.5. The second-order valence-electron chi connectivity index (χ2n) is 5.70. The first-order valence-electron chi connectivity index (χ1n) is 7.74. The number of carbonyl (C=O) groups is 3. The first-order valence-corrected chi connectivity index (χ1v) is 7.74. The number of imide groups is 1. The molecule has 0 radical (unpaired) electrons. The predicted octanol–water partition coefficient (Wildman–Crippen LogP) is 0.389. The molecule has 0 bridgehead atoms. The van der Waals surface area contributed by atoms with Crippen LogP contribution in [0.1, 0.15) is 38.5 Å². The third-order valence-corrected chi connectivity index (χ3v) is 3.94. The van der Waals surface area contributed by atoms with E-state index in [2.05, 4.69) is 16.0 Å². The summed E-state index contributed by atoms with van der Waals surface area (Å²) in [5.74, 6) is -0.592. The molecule has 3 N–H and O–H groups in total. The molecule has 1 saturated heterocycles. The van der Waals surface area contributed by atoms with Crippen LogP contribution < -0.4 is 16.0 Å². The fourth-order valence-corrected chi connectivity index (χ4v) is 2.80. The van der Waals surface area contributed by atoms with Crippen molar-refractivity contribution in [2.24, 2.45) is 0 Å². The molecule has 2 fully saturated rings. The zero-order valence-electron chi connectivity index (χ0n) is 12.7. The summed E-state index contributed by atoms with van der Waals surface area (Å²) >= 11 is 0. The molecule has 0 aromatic rings. The molecule has 0 unspecified atom stereocenters. The first-order chi connectivity index (χ1) is 10.1. The number of urea groups is 1. The van der Waals surface area contributed by atoms with Crippen molar-refractivity contribution >= 4 is 30.3 Å². The molecule has 1 heterocycles. The Morgan fingerprint density at radius 3 is 2.41 bits per heavy atom. The van der Waals surface area contributed by atoms with Gasteiger partial charge >= 0.3 is 6.03 Å².